The Morgan fingerprint density at radius 3 is 2.47 bits per heavy atom. The quantitative estimate of drug-likeness (QED) is 0.891. The molecule has 0 aliphatic heterocycles. The summed E-state index contributed by atoms with van der Waals surface area (Å²) in [5, 5.41) is 12.5. The molecule has 0 amide bonds. The van der Waals surface area contributed by atoms with Gasteiger partial charge in [0.1, 0.15) is 0 Å². The summed E-state index contributed by atoms with van der Waals surface area (Å²) in [6, 6.07) is 9.57. The molecule has 0 spiro atoms. The molecule has 1 aromatic carbocycles. The third-order valence-corrected chi connectivity index (χ3v) is 4.19. The van der Waals surface area contributed by atoms with Gasteiger partial charge < -0.3 is 5.32 Å². The van der Waals surface area contributed by atoms with Crippen molar-refractivity contribution < 1.29 is 8.42 Å². The van der Waals surface area contributed by atoms with Crippen LogP contribution < -0.4 is 10.5 Å². The lowest BCUT2D eigenvalue weighted by atomic mass is 10.1. The number of hydrogen-bond donors (Lipinski definition) is 2. The first-order valence-corrected chi connectivity index (χ1v) is 8.48. The van der Waals surface area contributed by atoms with Gasteiger partial charge in [0, 0.05) is 11.7 Å². The lowest BCUT2D eigenvalue weighted by Gasteiger charge is -2.14. The lowest BCUT2D eigenvalue weighted by Crippen LogP contribution is -2.14. The van der Waals surface area contributed by atoms with E-state index in [1.807, 2.05) is 17.5 Å². The van der Waals surface area contributed by atoms with Crippen molar-refractivity contribution >= 4 is 27.0 Å². The van der Waals surface area contributed by atoms with Crippen LogP contribution in [0.5, 0.6) is 0 Å². The predicted octanol–water partition coefficient (Wildman–Crippen LogP) is 2.71. The van der Waals surface area contributed by atoms with Crippen molar-refractivity contribution in [3.8, 4) is 0 Å². The van der Waals surface area contributed by atoms with Crippen LogP contribution in [0, 0.1) is 0 Å². The van der Waals surface area contributed by atoms with Crippen molar-refractivity contribution in [3.63, 3.8) is 0 Å². The van der Waals surface area contributed by atoms with Gasteiger partial charge in [0.15, 0.2) is 0 Å². The molecule has 2 aromatic rings. The van der Waals surface area contributed by atoms with Crippen molar-refractivity contribution in [1.29, 1.82) is 0 Å². The van der Waals surface area contributed by atoms with E-state index in [1.54, 1.807) is 23.5 Å². The van der Waals surface area contributed by atoms with Gasteiger partial charge in [-0.2, -0.15) is 11.3 Å². The number of sulfonamides is 1. The van der Waals surface area contributed by atoms with Crippen LogP contribution >= 0.6 is 11.3 Å². The molecule has 102 valence electrons. The van der Waals surface area contributed by atoms with Crippen LogP contribution in [0.3, 0.4) is 0 Å². The fraction of sp³-hybridized carbons (Fsp3) is 0.231. The maximum absolute atomic E-state index is 11.0. The van der Waals surface area contributed by atoms with E-state index in [0.717, 1.165) is 5.69 Å². The number of benzene rings is 1. The van der Waals surface area contributed by atoms with E-state index in [9.17, 15) is 8.42 Å². The maximum Gasteiger partial charge on any atom is 0.213 e. The molecular weight excluding hydrogens is 280 g/mol. The monoisotopic (exact) mass is 296 g/mol. The summed E-state index contributed by atoms with van der Waals surface area (Å²) in [6.45, 7) is 2.08. The van der Waals surface area contributed by atoms with Crippen LogP contribution in [0.15, 0.2) is 41.1 Å². The van der Waals surface area contributed by atoms with Crippen molar-refractivity contribution in [1.82, 2.24) is 0 Å². The largest absolute Gasteiger partial charge is 0.378 e. The minimum atomic E-state index is -3.47. The molecule has 0 bridgehead atoms. The van der Waals surface area contributed by atoms with E-state index >= 15 is 0 Å². The third-order valence-electron chi connectivity index (χ3n) is 2.75. The van der Waals surface area contributed by atoms with E-state index in [1.165, 1.54) is 5.56 Å². The Morgan fingerprint density at radius 2 is 1.95 bits per heavy atom. The Labute approximate surface area is 117 Å². The normalized spacial score (nSPS) is 13.2. The molecule has 1 aromatic heterocycles. The summed E-state index contributed by atoms with van der Waals surface area (Å²) in [5.41, 5.74) is 2.88. The van der Waals surface area contributed by atoms with Gasteiger partial charge in [0.25, 0.3) is 0 Å². The highest BCUT2D eigenvalue weighted by atomic mass is 32.2. The van der Waals surface area contributed by atoms with Gasteiger partial charge in [0.05, 0.1) is 5.75 Å². The van der Waals surface area contributed by atoms with Gasteiger partial charge >= 0.3 is 0 Å². The highest BCUT2D eigenvalue weighted by Crippen LogP contribution is 2.21. The smallest absolute Gasteiger partial charge is 0.213 e. The molecule has 0 saturated carbocycles. The molecule has 0 saturated heterocycles. The first-order chi connectivity index (χ1) is 8.94. The zero-order valence-corrected chi connectivity index (χ0v) is 12.2. The SMILES string of the molecule is CC(Nc1ccc(CS(N)(=O)=O)cc1)c1ccsc1. The second-order valence-electron chi connectivity index (χ2n) is 4.43. The first kappa shape index (κ1) is 14.0. The molecule has 0 aliphatic rings. The van der Waals surface area contributed by atoms with Gasteiger partial charge in [-0.1, -0.05) is 12.1 Å². The molecule has 0 fully saturated rings. The van der Waals surface area contributed by atoms with Crippen LogP contribution in [-0.2, 0) is 15.8 Å². The Hall–Kier alpha value is -1.37. The molecule has 19 heavy (non-hydrogen) atoms. The number of anilines is 1. The highest BCUT2D eigenvalue weighted by Gasteiger charge is 2.07. The summed E-state index contributed by atoms with van der Waals surface area (Å²) < 4.78 is 22.0. The molecular formula is C13H16N2O2S2. The van der Waals surface area contributed by atoms with Crippen LogP contribution in [-0.4, -0.2) is 8.42 Å². The Bertz CT molecular complexity index is 619. The van der Waals surface area contributed by atoms with Crippen LogP contribution in [0.1, 0.15) is 24.1 Å². The Morgan fingerprint density at radius 1 is 1.26 bits per heavy atom. The Balaban J connectivity index is 2.03. The fourth-order valence-electron chi connectivity index (χ4n) is 1.78. The van der Waals surface area contributed by atoms with Gasteiger partial charge in [-0.25, -0.2) is 13.6 Å². The Kier molecular flexibility index (Phi) is 4.24. The number of rotatable bonds is 5. The first-order valence-electron chi connectivity index (χ1n) is 5.82. The summed E-state index contributed by atoms with van der Waals surface area (Å²) in [7, 11) is -3.47. The van der Waals surface area contributed by atoms with Gasteiger partial charge in [-0.3, -0.25) is 0 Å². The van der Waals surface area contributed by atoms with E-state index in [2.05, 4.69) is 23.7 Å². The maximum atomic E-state index is 11.0. The number of nitrogens with two attached hydrogens (primary N) is 1. The van der Waals surface area contributed by atoms with Gasteiger partial charge in [0.2, 0.25) is 10.0 Å². The number of thiophene rings is 1. The molecule has 4 nitrogen and oxygen atoms in total. The minimum absolute atomic E-state index is 0.132. The summed E-state index contributed by atoms with van der Waals surface area (Å²) in [5.74, 6) is -0.132. The molecule has 3 N–H and O–H groups in total. The van der Waals surface area contributed by atoms with Crippen LogP contribution in [0.4, 0.5) is 5.69 Å². The average molecular weight is 296 g/mol. The zero-order chi connectivity index (χ0) is 13.9. The average Bonchev–Trinajstić information content (AvgIpc) is 2.83. The van der Waals surface area contributed by atoms with Crippen molar-refractivity contribution in [2.24, 2.45) is 5.14 Å². The molecule has 6 heteroatoms. The van der Waals surface area contributed by atoms with Gasteiger partial charge in [-0.15, -0.1) is 0 Å². The van der Waals surface area contributed by atoms with E-state index in [0.29, 0.717) is 5.56 Å². The van der Waals surface area contributed by atoms with Crippen LogP contribution in [0.2, 0.25) is 0 Å². The standard InChI is InChI=1S/C13H16N2O2S2/c1-10(12-6-7-18-8-12)15-13-4-2-11(3-5-13)9-19(14,16)17/h2-8,10,15H,9H2,1H3,(H2,14,16,17). The van der Waals surface area contributed by atoms with Gasteiger partial charge in [-0.05, 0) is 47.0 Å². The number of nitrogens with one attached hydrogen (secondary N) is 1. The summed E-state index contributed by atoms with van der Waals surface area (Å²) in [6.07, 6.45) is 0. The van der Waals surface area contributed by atoms with E-state index < -0.39 is 10.0 Å². The summed E-state index contributed by atoms with van der Waals surface area (Å²) in [4.78, 5) is 0. The number of primary sulfonamides is 1. The fourth-order valence-corrected chi connectivity index (χ4v) is 3.20. The number of hydrogen-bond acceptors (Lipinski definition) is 4. The molecule has 0 radical (unpaired) electrons. The lowest BCUT2D eigenvalue weighted by molar-refractivity contribution is 0.597. The highest BCUT2D eigenvalue weighted by molar-refractivity contribution is 7.88. The zero-order valence-electron chi connectivity index (χ0n) is 10.5. The predicted molar refractivity (Wildman–Crippen MR) is 79.6 cm³/mol. The molecule has 1 atom stereocenters. The second kappa shape index (κ2) is 5.73. The second-order valence-corrected chi connectivity index (χ2v) is 6.82. The third kappa shape index (κ3) is 4.34. The van der Waals surface area contributed by atoms with E-state index in [4.69, 9.17) is 5.14 Å². The molecule has 1 heterocycles. The minimum Gasteiger partial charge on any atom is -0.378 e. The summed E-state index contributed by atoms with van der Waals surface area (Å²) >= 11 is 1.67. The molecule has 0 aliphatic carbocycles. The molecule has 1 unspecified atom stereocenters. The van der Waals surface area contributed by atoms with E-state index in [-0.39, 0.29) is 11.8 Å². The van der Waals surface area contributed by atoms with Crippen molar-refractivity contribution in [3.05, 3.63) is 52.2 Å². The van der Waals surface area contributed by atoms with Crippen molar-refractivity contribution in [2.45, 2.75) is 18.7 Å². The topological polar surface area (TPSA) is 72.2 Å². The van der Waals surface area contributed by atoms with Crippen molar-refractivity contribution in [2.75, 3.05) is 5.32 Å². The van der Waals surface area contributed by atoms with Crippen LogP contribution in [0.25, 0.3) is 0 Å². The molecule has 2 rings (SSSR count).